The van der Waals surface area contributed by atoms with Crippen molar-refractivity contribution in [1.82, 2.24) is 4.90 Å². The van der Waals surface area contributed by atoms with Crippen LogP contribution in [0.2, 0.25) is 0 Å². The van der Waals surface area contributed by atoms with Crippen LogP contribution in [0.15, 0.2) is 37.1 Å². The van der Waals surface area contributed by atoms with E-state index in [9.17, 15) is 14.4 Å². The monoisotopic (exact) mass is 383 g/mol. The number of aliphatic hydroxyl groups excluding tert-OH is 1. The summed E-state index contributed by atoms with van der Waals surface area (Å²) < 4.78 is 14.1. The molecule has 0 saturated carbocycles. The van der Waals surface area contributed by atoms with Gasteiger partial charge in [-0.15, -0.1) is 0 Å². The number of likely N-dealkylation sites (tertiary alicyclic amines) is 1. The van der Waals surface area contributed by atoms with Gasteiger partial charge in [-0.3, -0.25) is 4.79 Å². The van der Waals surface area contributed by atoms with Crippen molar-refractivity contribution < 1.29 is 33.7 Å². The Hall–Kier alpha value is -2.45. The second-order valence-electron chi connectivity index (χ2n) is 5.85. The Morgan fingerprint density at radius 2 is 1.81 bits per heavy atom. The van der Waals surface area contributed by atoms with Crippen LogP contribution in [-0.4, -0.2) is 66.9 Å². The molecule has 8 heteroatoms. The highest BCUT2D eigenvalue weighted by Gasteiger charge is 2.24. The van der Waals surface area contributed by atoms with Gasteiger partial charge >= 0.3 is 11.9 Å². The Balaban J connectivity index is 0.000000378. The highest BCUT2D eigenvalue weighted by atomic mass is 16.6. The number of epoxide rings is 1. The minimum absolute atomic E-state index is 0.0473. The van der Waals surface area contributed by atoms with Gasteiger partial charge in [-0.1, -0.05) is 19.7 Å². The van der Waals surface area contributed by atoms with Crippen molar-refractivity contribution in [2.75, 3.05) is 33.0 Å². The number of hydrogen-bond acceptors (Lipinski definition) is 7. The lowest BCUT2D eigenvalue weighted by Crippen LogP contribution is -2.16. The number of carbonyl (C=O) groups is 3. The van der Waals surface area contributed by atoms with E-state index in [2.05, 4.69) is 24.5 Å². The summed E-state index contributed by atoms with van der Waals surface area (Å²) in [5.74, 6) is -0.584. The molecule has 2 fully saturated rings. The fraction of sp³-hybridized carbons (Fsp3) is 0.526. The molecular weight excluding hydrogens is 354 g/mol. The van der Waals surface area contributed by atoms with Gasteiger partial charge in [0.2, 0.25) is 5.91 Å². The smallest absolute Gasteiger partial charge is 0.333 e. The lowest BCUT2D eigenvalue weighted by Gasteiger charge is -2.05. The van der Waals surface area contributed by atoms with E-state index in [1.54, 1.807) is 24.9 Å². The van der Waals surface area contributed by atoms with E-state index in [1.165, 1.54) is 0 Å². The van der Waals surface area contributed by atoms with Gasteiger partial charge < -0.3 is 24.2 Å². The number of carbonyl (C=O) groups excluding carboxylic acids is 3. The van der Waals surface area contributed by atoms with Crippen molar-refractivity contribution in [1.29, 1.82) is 0 Å². The van der Waals surface area contributed by atoms with Crippen LogP contribution in [0.1, 0.15) is 26.7 Å². The molecule has 1 atom stereocenters. The fourth-order valence-electron chi connectivity index (χ4n) is 1.58. The quantitative estimate of drug-likeness (QED) is 0.402. The van der Waals surface area contributed by atoms with E-state index >= 15 is 0 Å². The first kappa shape index (κ1) is 24.6. The molecule has 0 aromatic carbocycles. The molecule has 152 valence electrons. The number of rotatable bonds is 7. The molecule has 2 heterocycles. The molecule has 2 saturated heterocycles. The zero-order valence-corrected chi connectivity index (χ0v) is 16.1. The van der Waals surface area contributed by atoms with Crippen LogP contribution in [0.4, 0.5) is 0 Å². The SMILES string of the molecule is C=C(C)C(=O)OCC1CO1.C=C(C)C(=O)OCCO.C=CN1CCCC1=O. The van der Waals surface area contributed by atoms with Crippen LogP contribution >= 0.6 is 0 Å². The number of hydrogen-bond donors (Lipinski definition) is 1. The Morgan fingerprint density at radius 3 is 2.15 bits per heavy atom. The maximum Gasteiger partial charge on any atom is 0.333 e. The Bertz CT molecular complexity index is 552. The molecule has 1 amide bonds. The Kier molecular flexibility index (Phi) is 12.5. The highest BCUT2D eigenvalue weighted by molar-refractivity contribution is 5.87. The van der Waals surface area contributed by atoms with Gasteiger partial charge in [0.25, 0.3) is 0 Å². The first-order chi connectivity index (χ1) is 12.7. The zero-order valence-electron chi connectivity index (χ0n) is 16.1. The molecule has 0 bridgehead atoms. The highest BCUT2D eigenvalue weighted by Crippen LogP contribution is 2.09. The van der Waals surface area contributed by atoms with E-state index in [0.29, 0.717) is 30.8 Å². The molecule has 1 unspecified atom stereocenters. The summed E-state index contributed by atoms with van der Waals surface area (Å²) in [6, 6.07) is 0. The standard InChI is InChI=1S/C7H10O3.C6H9NO.C6H10O3/c1-5(2)7(8)10-4-6-3-9-6;1-2-7-5-3-4-6(7)8;1-5(2)6(8)9-4-3-7/h6H,1,3-4H2,2H3;2H,1,3-5H2;7H,1,3-4H2,2H3. The van der Waals surface area contributed by atoms with Crippen molar-refractivity contribution >= 4 is 17.8 Å². The summed E-state index contributed by atoms with van der Waals surface area (Å²) in [5, 5.41) is 8.19. The largest absolute Gasteiger partial charge is 0.460 e. The van der Waals surface area contributed by atoms with Gasteiger partial charge in [-0.2, -0.15) is 0 Å². The molecule has 2 aliphatic rings. The van der Waals surface area contributed by atoms with Crippen molar-refractivity contribution in [3.8, 4) is 0 Å². The van der Waals surface area contributed by atoms with Crippen molar-refractivity contribution in [2.24, 2.45) is 0 Å². The molecule has 27 heavy (non-hydrogen) atoms. The van der Waals surface area contributed by atoms with E-state index < -0.39 is 5.97 Å². The molecule has 0 radical (unpaired) electrons. The molecule has 0 spiro atoms. The first-order valence-corrected chi connectivity index (χ1v) is 8.52. The second kappa shape index (κ2) is 13.7. The van der Waals surface area contributed by atoms with Crippen molar-refractivity contribution in [3.05, 3.63) is 37.1 Å². The van der Waals surface area contributed by atoms with Crippen LogP contribution in [0.5, 0.6) is 0 Å². The maximum atomic E-state index is 10.7. The summed E-state index contributed by atoms with van der Waals surface area (Å²) in [5.41, 5.74) is 0.782. The Morgan fingerprint density at radius 1 is 1.26 bits per heavy atom. The molecule has 2 rings (SSSR count). The normalized spacial score (nSPS) is 16.8. The third kappa shape index (κ3) is 12.5. The van der Waals surface area contributed by atoms with Gasteiger partial charge in [0.05, 0.1) is 13.2 Å². The average molecular weight is 383 g/mol. The number of esters is 2. The topological polar surface area (TPSA) is 106 Å². The first-order valence-electron chi connectivity index (χ1n) is 8.52. The van der Waals surface area contributed by atoms with E-state index in [4.69, 9.17) is 14.6 Å². The molecule has 2 aliphatic heterocycles. The minimum atomic E-state index is -0.455. The third-order valence-electron chi connectivity index (χ3n) is 3.15. The maximum absolute atomic E-state index is 10.7. The fourth-order valence-corrected chi connectivity index (χ4v) is 1.58. The average Bonchev–Trinajstić information content (AvgIpc) is 3.37. The predicted molar refractivity (Wildman–Crippen MR) is 99.5 cm³/mol. The predicted octanol–water partition coefficient (Wildman–Crippen LogP) is 1.35. The van der Waals surface area contributed by atoms with Gasteiger partial charge in [0.1, 0.15) is 19.3 Å². The molecular formula is C19H29NO7. The van der Waals surface area contributed by atoms with E-state index in [1.807, 2.05) is 0 Å². The second-order valence-corrected chi connectivity index (χ2v) is 5.85. The molecule has 0 aliphatic carbocycles. The van der Waals surface area contributed by atoms with Crippen molar-refractivity contribution in [3.63, 3.8) is 0 Å². The van der Waals surface area contributed by atoms with Crippen molar-refractivity contribution in [2.45, 2.75) is 32.8 Å². The molecule has 1 N–H and O–H groups in total. The lowest BCUT2D eigenvalue weighted by molar-refractivity contribution is -0.140. The summed E-state index contributed by atoms with van der Waals surface area (Å²) >= 11 is 0. The van der Waals surface area contributed by atoms with Crippen LogP contribution in [0.3, 0.4) is 0 Å². The minimum Gasteiger partial charge on any atom is -0.460 e. The van der Waals surface area contributed by atoms with Gasteiger partial charge in [0.15, 0.2) is 0 Å². The summed E-state index contributed by atoms with van der Waals surface area (Å²) in [7, 11) is 0. The van der Waals surface area contributed by atoms with Crippen LogP contribution in [0.25, 0.3) is 0 Å². The molecule has 8 nitrogen and oxygen atoms in total. The van der Waals surface area contributed by atoms with Crippen LogP contribution < -0.4 is 0 Å². The van der Waals surface area contributed by atoms with Crippen LogP contribution in [0, 0.1) is 0 Å². The van der Waals surface area contributed by atoms with Gasteiger partial charge in [-0.05, 0) is 26.5 Å². The zero-order chi connectivity index (χ0) is 20.8. The number of nitrogens with zero attached hydrogens (tertiary/aromatic N) is 1. The Labute approximate surface area is 160 Å². The van der Waals surface area contributed by atoms with Crippen LogP contribution in [-0.2, 0) is 28.6 Å². The molecule has 0 aromatic heterocycles. The number of aliphatic hydroxyl groups is 1. The summed E-state index contributed by atoms with van der Waals surface area (Å²) in [6.45, 7) is 15.3. The summed E-state index contributed by atoms with van der Waals surface area (Å²) in [4.78, 5) is 33.5. The van der Waals surface area contributed by atoms with Gasteiger partial charge in [-0.25, -0.2) is 9.59 Å². The number of ether oxygens (including phenoxy) is 3. The lowest BCUT2D eigenvalue weighted by atomic mass is 10.4. The molecule has 0 aromatic rings. The van der Waals surface area contributed by atoms with E-state index in [-0.39, 0.29) is 31.2 Å². The van der Waals surface area contributed by atoms with Gasteiger partial charge in [0, 0.05) is 24.1 Å². The third-order valence-corrected chi connectivity index (χ3v) is 3.15. The summed E-state index contributed by atoms with van der Waals surface area (Å²) in [6.07, 6.45) is 3.43. The number of amides is 1. The van der Waals surface area contributed by atoms with E-state index in [0.717, 1.165) is 13.0 Å².